The first-order valence-corrected chi connectivity index (χ1v) is 7.41. The molecule has 0 atom stereocenters. The van der Waals surface area contributed by atoms with E-state index in [1.54, 1.807) is 11.3 Å². The second-order valence-corrected chi connectivity index (χ2v) is 5.99. The van der Waals surface area contributed by atoms with E-state index >= 15 is 0 Å². The number of rotatable bonds is 5. The minimum atomic E-state index is -0.0377. The minimum Gasteiger partial charge on any atom is -0.317 e. The van der Waals surface area contributed by atoms with Gasteiger partial charge in [-0.3, -0.25) is 4.79 Å². The lowest BCUT2D eigenvalue weighted by molar-refractivity contribution is -0.130. The number of nitrogens with one attached hydrogen (secondary N) is 1. The summed E-state index contributed by atoms with van der Waals surface area (Å²) in [6.45, 7) is 4.18. The van der Waals surface area contributed by atoms with Gasteiger partial charge in [-0.05, 0) is 43.8 Å². The third-order valence-corrected chi connectivity index (χ3v) is 4.67. The lowest BCUT2D eigenvalue weighted by Gasteiger charge is -2.36. The first-order valence-electron chi connectivity index (χ1n) is 6.53. The van der Waals surface area contributed by atoms with Gasteiger partial charge in [0.25, 0.3) is 0 Å². The fourth-order valence-corrected chi connectivity index (χ4v) is 3.51. The van der Waals surface area contributed by atoms with E-state index in [-0.39, 0.29) is 5.41 Å². The summed E-state index contributed by atoms with van der Waals surface area (Å²) in [4.78, 5) is 13.8. The molecule has 0 aliphatic carbocycles. The van der Waals surface area contributed by atoms with E-state index in [0.717, 1.165) is 38.8 Å². The van der Waals surface area contributed by atoms with Crippen LogP contribution in [0.25, 0.3) is 0 Å². The molecule has 94 valence electrons. The average molecular weight is 251 g/mol. The topological polar surface area (TPSA) is 29.1 Å². The monoisotopic (exact) mass is 251 g/mol. The fourth-order valence-electron chi connectivity index (χ4n) is 2.81. The van der Waals surface area contributed by atoms with Crippen molar-refractivity contribution in [3.63, 3.8) is 0 Å². The number of ketones is 1. The van der Waals surface area contributed by atoms with Crippen LogP contribution in [0.5, 0.6) is 0 Å². The van der Waals surface area contributed by atoms with Gasteiger partial charge >= 0.3 is 0 Å². The van der Waals surface area contributed by atoms with Crippen LogP contribution in [0.4, 0.5) is 0 Å². The molecule has 1 saturated heterocycles. The molecule has 0 unspecified atom stereocenters. The summed E-state index contributed by atoms with van der Waals surface area (Å²) in [5, 5.41) is 5.42. The molecule has 1 aliphatic heterocycles. The molecule has 1 aliphatic rings. The number of piperidine rings is 1. The summed E-state index contributed by atoms with van der Waals surface area (Å²) in [7, 11) is 0. The summed E-state index contributed by atoms with van der Waals surface area (Å²) >= 11 is 1.70. The molecule has 1 N–H and O–H groups in total. The van der Waals surface area contributed by atoms with Crippen LogP contribution in [0.15, 0.2) is 17.5 Å². The molecule has 2 rings (SSSR count). The standard InChI is InChI=1S/C14H21NOS/c1-2-5-14(6-8-15-9-7-14)13(16)11-12-4-3-10-17-12/h3-4,10,15H,2,5-9,11H2,1H3. The highest BCUT2D eigenvalue weighted by Crippen LogP contribution is 2.36. The van der Waals surface area contributed by atoms with Gasteiger partial charge in [0, 0.05) is 16.7 Å². The number of thiophene rings is 1. The molecule has 3 heteroatoms. The summed E-state index contributed by atoms with van der Waals surface area (Å²) in [6, 6.07) is 4.10. The molecular formula is C14H21NOS. The van der Waals surface area contributed by atoms with E-state index in [0.29, 0.717) is 12.2 Å². The van der Waals surface area contributed by atoms with Gasteiger partial charge in [0.2, 0.25) is 0 Å². The molecule has 0 amide bonds. The smallest absolute Gasteiger partial charge is 0.144 e. The Kier molecular flexibility index (Phi) is 4.35. The molecule has 1 aromatic rings. The first-order chi connectivity index (χ1) is 8.27. The SMILES string of the molecule is CCCC1(C(=O)Cc2cccs2)CCNCC1. The van der Waals surface area contributed by atoms with Crippen LogP contribution >= 0.6 is 11.3 Å². The molecule has 1 aromatic heterocycles. The van der Waals surface area contributed by atoms with E-state index in [2.05, 4.69) is 23.7 Å². The minimum absolute atomic E-state index is 0.0377. The molecule has 0 bridgehead atoms. The fraction of sp³-hybridized carbons (Fsp3) is 0.643. The van der Waals surface area contributed by atoms with Crippen molar-refractivity contribution in [3.05, 3.63) is 22.4 Å². The largest absolute Gasteiger partial charge is 0.317 e. The third kappa shape index (κ3) is 2.96. The van der Waals surface area contributed by atoms with Gasteiger partial charge < -0.3 is 5.32 Å². The Morgan fingerprint density at radius 2 is 2.24 bits per heavy atom. The number of carbonyl (C=O) groups excluding carboxylic acids is 1. The molecule has 0 saturated carbocycles. The second-order valence-electron chi connectivity index (χ2n) is 4.96. The van der Waals surface area contributed by atoms with E-state index < -0.39 is 0 Å². The van der Waals surface area contributed by atoms with Crippen LogP contribution < -0.4 is 5.32 Å². The highest BCUT2D eigenvalue weighted by atomic mass is 32.1. The summed E-state index contributed by atoms with van der Waals surface area (Å²) in [5.41, 5.74) is -0.0377. The Morgan fingerprint density at radius 1 is 1.47 bits per heavy atom. The molecule has 1 fully saturated rings. The maximum absolute atomic E-state index is 12.6. The van der Waals surface area contributed by atoms with Crippen LogP contribution in [-0.2, 0) is 11.2 Å². The molecule has 0 spiro atoms. The van der Waals surface area contributed by atoms with Crippen molar-refractivity contribution in [2.45, 2.75) is 39.0 Å². The van der Waals surface area contributed by atoms with Gasteiger partial charge in [0.05, 0.1) is 0 Å². The quantitative estimate of drug-likeness (QED) is 0.871. The van der Waals surface area contributed by atoms with Crippen molar-refractivity contribution in [1.29, 1.82) is 0 Å². The zero-order chi connectivity index (χ0) is 12.1. The lowest BCUT2D eigenvalue weighted by atomic mass is 9.71. The van der Waals surface area contributed by atoms with Gasteiger partial charge in [0.1, 0.15) is 5.78 Å². The Labute approximate surface area is 107 Å². The number of hydrogen-bond donors (Lipinski definition) is 1. The molecule has 17 heavy (non-hydrogen) atoms. The van der Waals surface area contributed by atoms with Crippen LogP contribution in [0.1, 0.15) is 37.5 Å². The zero-order valence-electron chi connectivity index (χ0n) is 10.5. The molecule has 0 aromatic carbocycles. The van der Waals surface area contributed by atoms with Crippen molar-refractivity contribution in [2.75, 3.05) is 13.1 Å². The zero-order valence-corrected chi connectivity index (χ0v) is 11.3. The number of carbonyl (C=O) groups is 1. The van der Waals surface area contributed by atoms with Gasteiger partial charge in [-0.1, -0.05) is 19.4 Å². The van der Waals surface area contributed by atoms with Crippen LogP contribution in [0, 0.1) is 5.41 Å². The molecule has 2 heterocycles. The lowest BCUT2D eigenvalue weighted by Crippen LogP contribution is -2.42. The van der Waals surface area contributed by atoms with Crippen molar-refractivity contribution in [3.8, 4) is 0 Å². The maximum atomic E-state index is 12.6. The maximum Gasteiger partial charge on any atom is 0.144 e. The Bertz CT molecular complexity index is 347. The predicted octanol–water partition coefficient (Wildman–Crippen LogP) is 3.03. The Morgan fingerprint density at radius 3 is 2.82 bits per heavy atom. The second kappa shape index (κ2) is 5.78. The third-order valence-electron chi connectivity index (χ3n) is 3.80. The van der Waals surface area contributed by atoms with Crippen LogP contribution in [-0.4, -0.2) is 18.9 Å². The van der Waals surface area contributed by atoms with Crippen molar-refractivity contribution < 1.29 is 4.79 Å². The Balaban J connectivity index is 2.06. The molecular weight excluding hydrogens is 230 g/mol. The van der Waals surface area contributed by atoms with E-state index in [1.165, 1.54) is 4.88 Å². The van der Waals surface area contributed by atoms with Crippen LogP contribution in [0.3, 0.4) is 0 Å². The first kappa shape index (κ1) is 12.8. The van der Waals surface area contributed by atoms with E-state index in [4.69, 9.17) is 0 Å². The van der Waals surface area contributed by atoms with Gasteiger partial charge in [-0.15, -0.1) is 11.3 Å². The highest BCUT2D eigenvalue weighted by Gasteiger charge is 2.37. The molecule has 0 radical (unpaired) electrons. The molecule has 2 nitrogen and oxygen atoms in total. The summed E-state index contributed by atoms with van der Waals surface area (Å²) < 4.78 is 0. The van der Waals surface area contributed by atoms with E-state index in [9.17, 15) is 4.79 Å². The van der Waals surface area contributed by atoms with Gasteiger partial charge in [-0.2, -0.15) is 0 Å². The van der Waals surface area contributed by atoms with Crippen molar-refractivity contribution >= 4 is 17.1 Å². The summed E-state index contributed by atoms with van der Waals surface area (Å²) in [6.07, 6.45) is 4.84. The van der Waals surface area contributed by atoms with Gasteiger partial charge in [-0.25, -0.2) is 0 Å². The Hall–Kier alpha value is -0.670. The van der Waals surface area contributed by atoms with Crippen LogP contribution in [0.2, 0.25) is 0 Å². The predicted molar refractivity (Wildman–Crippen MR) is 72.5 cm³/mol. The van der Waals surface area contributed by atoms with Crippen molar-refractivity contribution in [2.24, 2.45) is 5.41 Å². The van der Waals surface area contributed by atoms with Crippen molar-refractivity contribution in [1.82, 2.24) is 5.32 Å². The number of hydrogen-bond acceptors (Lipinski definition) is 3. The summed E-state index contributed by atoms with van der Waals surface area (Å²) in [5.74, 6) is 0.461. The number of Topliss-reactive ketones (excluding diaryl/α,β-unsaturated/α-hetero) is 1. The van der Waals surface area contributed by atoms with Gasteiger partial charge in [0.15, 0.2) is 0 Å². The normalized spacial score (nSPS) is 19.1. The average Bonchev–Trinajstić information content (AvgIpc) is 2.83. The highest BCUT2D eigenvalue weighted by molar-refractivity contribution is 7.10. The van der Waals surface area contributed by atoms with E-state index in [1.807, 2.05) is 6.07 Å².